The van der Waals surface area contributed by atoms with Crippen LogP contribution in [0.1, 0.15) is 0 Å². The summed E-state index contributed by atoms with van der Waals surface area (Å²) < 4.78 is 1.03. The fourth-order valence-corrected chi connectivity index (χ4v) is 1.98. The third-order valence-electron chi connectivity index (χ3n) is 1.66. The van der Waals surface area contributed by atoms with E-state index in [0.29, 0.717) is 17.3 Å². The molecule has 0 unspecified atom stereocenters. The van der Waals surface area contributed by atoms with E-state index in [-0.39, 0.29) is 5.91 Å². The van der Waals surface area contributed by atoms with Gasteiger partial charge in [-0.25, -0.2) is 0 Å². The van der Waals surface area contributed by atoms with Gasteiger partial charge in [-0.15, -0.1) is 11.8 Å². The molecule has 0 bridgehead atoms. The highest BCUT2D eigenvalue weighted by atomic mass is 79.9. The van der Waals surface area contributed by atoms with Gasteiger partial charge in [0.1, 0.15) is 0 Å². The van der Waals surface area contributed by atoms with Gasteiger partial charge in [-0.3, -0.25) is 4.79 Å². The quantitative estimate of drug-likeness (QED) is 0.842. The molecule has 1 amide bonds. The van der Waals surface area contributed by atoms with Gasteiger partial charge in [0.2, 0.25) is 5.91 Å². The van der Waals surface area contributed by atoms with Crippen molar-refractivity contribution in [1.29, 1.82) is 0 Å². The Labute approximate surface area is 113 Å². The van der Waals surface area contributed by atoms with E-state index in [4.69, 9.17) is 11.6 Å². The zero-order chi connectivity index (χ0) is 12.0. The second kappa shape index (κ2) is 6.99. The average Bonchev–Trinajstić information content (AvgIpc) is 2.25. The van der Waals surface area contributed by atoms with E-state index in [1.165, 1.54) is 11.8 Å². The van der Waals surface area contributed by atoms with Gasteiger partial charge in [0.05, 0.1) is 12.3 Å². The maximum absolute atomic E-state index is 11.3. The van der Waals surface area contributed by atoms with Gasteiger partial charge in [-0.1, -0.05) is 34.1 Å². The van der Waals surface area contributed by atoms with Crippen LogP contribution in [0.3, 0.4) is 0 Å². The summed E-state index contributed by atoms with van der Waals surface area (Å²) in [6, 6.07) is 7.81. The lowest BCUT2D eigenvalue weighted by Gasteiger charge is -2.03. The first kappa shape index (κ1) is 13.6. The van der Waals surface area contributed by atoms with Gasteiger partial charge >= 0.3 is 0 Å². The van der Waals surface area contributed by atoms with Crippen LogP contribution in [-0.2, 0) is 4.79 Å². The molecule has 0 spiro atoms. The predicted molar refractivity (Wildman–Crippen MR) is 72.9 cm³/mol. The molecule has 86 valence electrons. The number of benzene rings is 1. The van der Waals surface area contributed by atoms with E-state index in [1.807, 2.05) is 24.3 Å². The molecule has 2 nitrogen and oxygen atoms in total. The van der Waals surface area contributed by atoms with E-state index in [0.717, 1.165) is 9.37 Å². The lowest BCUT2D eigenvalue weighted by atomic mass is 10.4. The second-order valence-electron chi connectivity index (χ2n) is 3.04. The lowest BCUT2D eigenvalue weighted by molar-refractivity contribution is -0.118. The van der Waals surface area contributed by atoms with Crippen LogP contribution in [0.15, 0.2) is 45.2 Å². The van der Waals surface area contributed by atoms with Gasteiger partial charge in [-0.2, -0.15) is 0 Å². The number of hydrogen-bond donors (Lipinski definition) is 1. The lowest BCUT2D eigenvalue weighted by Crippen LogP contribution is -2.26. The number of carbonyl (C=O) groups excluding carboxylic acids is 1. The summed E-state index contributed by atoms with van der Waals surface area (Å²) in [7, 11) is 0. The summed E-state index contributed by atoms with van der Waals surface area (Å²) in [4.78, 5) is 12.4. The van der Waals surface area contributed by atoms with Crippen molar-refractivity contribution in [3.05, 3.63) is 40.3 Å². The highest BCUT2D eigenvalue weighted by Gasteiger charge is 2.02. The number of hydrogen-bond acceptors (Lipinski definition) is 2. The Morgan fingerprint density at radius 2 is 2.06 bits per heavy atom. The highest BCUT2D eigenvalue weighted by Crippen LogP contribution is 2.20. The van der Waals surface area contributed by atoms with Crippen LogP contribution in [0.2, 0.25) is 0 Å². The minimum absolute atomic E-state index is 0.0466. The SMILES string of the molecule is C=C(Cl)CNC(=O)CSc1ccc(Br)cc1. The number of nitrogens with one attached hydrogen (secondary N) is 1. The first-order valence-corrected chi connectivity index (χ1v) is 6.72. The maximum atomic E-state index is 11.3. The van der Waals surface area contributed by atoms with Crippen LogP contribution in [0.25, 0.3) is 0 Å². The second-order valence-corrected chi connectivity index (χ2v) is 5.54. The Morgan fingerprint density at radius 3 is 2.62 bits per heavy atom. The van der Waals surface area contributed by atoms with Crippen molar-refractivity contribution in [2.75, 3.05) is 12.3 Å². The van der Waals surface area contributed by atoms with Crippen molar-refractivity contribution in [3.8, 4) is 0 Å². The summed E-state index contributed by atoms with van der Waals surface area (Å²) >= 11 is 10.4. The van der Waals surface area contributed by atoms with Crippen LogP contribution in [0.5, 0.6) is 0 Å². The third kappa shape index (κ3) is 5.58. The van der Waals surface area contributed by atoms with E-state index >= 15 is 0 Å². The van der Waals surface area contributed by atoms with Crippen molar-refractivity contribution in [1.82, 2.24) is 5.32 Å². The summed E-state index contributed by atoms with van der Waals surface area (Å²) in [6.45, 7) is 3.81. The molecule has 0 aliphatic carbocycles. The molecule has 0 heterocycles. The summed E-state index contributed by atoms with van der Waals surface area (Å²) in [5, 5.41) is 3.10. The first-order valence-electron chi connectivity index (χ1n) is 4.56. The van der Waals surface area contributed by atoms with E-state index < -0.39 is 0 Å². The smallest absolute Gasteiger partial charge is 0.230 e. The summed E-state index contributed by atoms with van der Waals surface area (Å²) in [5.74, 6) is 0.334. The molecule has 5 heteroatoms. The molecule has 1 aromatic carbocycles. The molecule has 1 N–H and O–H groups in total. The molecule has 1 aromatic rings. The first-order chi connectivity index (χ1) is 7.58. The molecule has 16 heavy (non-hydrogen) atoms. The van der Waals surface area contributed by atoms with Crippen molar-refractivity contribution < 1.29 is 4.79 Å². The Hall–Kier alpha value is -0.450. The van der Waals surface area contributed by atoms with Crippen LogP contribution < -0.4 is 5.32 Å². The fraction of sp³-hybridized carbons (Fsp3) is 0.182. The van der Waals surface area contributed by atoms with Gasteiger partial charge in [0.25, 0.3) is 0 Å². The van der Waals surface area contributed by atoms with Crippen LogP contribution in [0.4, 0.5) is 0 Å². The molecule has 0 aromatic heterocycles. The third-order valence-corrected chi connectivity index (χ3v) is 3.34. The monoisotopic (exact) mass is 319 g/mol. The Bertz CT molecular complexity index is 380. The average molecular weight is 321 g/mol. The Balaban J connectivity index is 2.31. The number of amides is 1. The molecule has 0 aliphatic heterocycles. The van der Waals surface area contributed by atoms with Crippen LogP contribution in [0, 0.1) is 0 Å². The topological polar surface area (TPSA) is 29.1 Å². The molecule has 1 rings (SSSR count). The zero-order valence-corrected chi connectivity index (χ0v) is 11.7. The van der Waals surface area contributed by atoms with Crippen molar-refractivity contribution in [2.45, 2.75) is 4.90 Å². The molecular formula is C11H11BrClNOS. The number of halogens is 2. The fourth-order valence-electron chi connectivity index (χ4n) is 0.925. The molecule has 0 atom stereocenters. The maximum Gasteiger partial charge on any atom is 0.230 e. The van der Waals surface area contributed by atoms with E-state index in [9.17, 15) is 4.79 Å². The van der Waals surface area contributed by atoms with Crippen molar-refractivity contribution >= 4 is 45.2 Å². The normalized spacial score (nSPS) is 9.88. The highest BCUT2D eigenvalue weighted by molar-refractivity contribution is 9.10. The molecule has 0 saturated carbocycles. The van der Waals surface area contributed by atoms with Crippen molar-refractivity contribution in [3.63, 3.8) is 0 Å². The van der Waals surface area contributed by atoms with Gasteiger partial charge in [-0.05, 0) is 24.3 Å². The number of thioether (sulfide) groups is 1. The molecular weight excluding hydrogens is 310 g/mol. The number of rotatable bonds is 5. The van der Waals surface area contributed by atoms with Crippen LogP contribution in [-0.4, -0.2) is 18.2 Å². The number of carbonyl (C=O) groups is 1. The minimum Gasteiger partial charge on any atom is -0.350 e. The van der Waals surface area contributed by atoms with E-state index in [2.05, 4.69) is 27.8 Å². The Kier molecular flexibility index (Phi) is 5.95. The predicted octanol–water partition coefficient (Wildman–Crippen LogP) is 3.41. The van der Waals surface area contributed by atoms with Crippen molar-refractivity contribution in [2.24, 2.45) is 0 Å². The molecule has 0 saturated heterocycles. The largest absolute Gasteiger partial charge is 0.350 e. The van der Waals surface area contributed by atoms with Gasteiger partial charge in [0.15, 0.2) is 0 Å². The molecule has 0 aliphatic rings. The summed E-state index contributed by atoms with van der Waals surface area (Å²) in [5.41, 5.74) is 0. The zero-order valence-electron chi connectivity index (χ0n) is 8.50. The molecule has 0 radical (unpaired) electrons. The molecule has 0 fully saturated rings. The Morgan fingerprint density at radius 1 is 1.44 bits per heavy atom. The van der Waals surface area contributed by atoms with Gasteiger partial charge < -0.3 is 5.32 Å². The van der Waals surface area contributed by atoms with Gasteiger partial charge in [0, 0.05) is 14.4 Å². The summed E-state index contributed by atoms with van der Waals surface area (Å²) in [6.07, 6.45) is 0. The minimum atomic E-state index is -0.0466. The van der Waals surface area contributed by atoms with E-state index in [1.54, 1.807) is 0 Å². The van der Waals surface area contributed by atoms with Crippen LogP contribution >= 0.6 is 39.3 Å². The standard InChI is InChI=1S/C11H11BrClNOS/c1-8(13)6-14-11(15)7-16-10-4-2-9(12)3-5-10/h2-5H,1,6-7H2,(H,14,15).